The molecule has 10 heteroatoms. The molecule has 0 unspecified atom stereocenters. The Labute approximate surface area is 191 Å². The van der Waals surface area contributed by atoms with E-state index in [1.807, 2.05) is 27.4 Å². The Morgan fingerprint density at radius 3 is 2.53 bits per heavy atom. The van der Waals surface area contributed by atoms with Gasteiger partial charge in [0, 0.05) is 31.3 Å². The van der Waals surface area contributed by atoms with E-state index < -0.39 is 0 Å². The molecule has 0 aliphatic carbocycles. The number of hydrogen-bond acceptors (Lipinski definition) is 7. The molecule has 0 bridgehead atoms. The molecule has 0 spiro atoms. The second kappa shape index (κ2) is 8.64. The standard InChI is InChI=1S/C22H19N5O3S2/c28-18(8-3-11-26-20(29)15-5-1-2-6-16(15)21(26)30)23-10-9-14-13-32-22-24-19(25-27(14)22)17-7-4-12-31-17/h1-2,4-7,12-13H,3,8-11H2,(H,23,28). The number of nitrogens with zero attached hydrogens (tertiary/aromatic N) is 4. The predicted octanol–water partition coefficient (Wildman–Crippen LogP) is 3.25. The van der Waals surface area contributed by atoms with Crippen LogP contribution in [0, 0.1) is 0 Å². The van der Waals surface area contributed by atoms with Gasteiger partial charge in [-0.25, -0.2) is 4.52 Å². The van der Waals surface area contributed by atoms with Crippen LogP contribution in [0.5, 0.6) is 0 Å². The fraction of sp³-hybridized carbons (Fsp3) is 0.227. The molecule has 0 saturated heterocycles. The largest absolute Gasteiger partial charge is 0.356 e. The highest BCUT2D eigenvalue weighted by Gasteiger charge is 2.34. The lowest BCUT2D eigenvalue weighted by Gasteiger charge is -2.13. The summed E-state index contributed by atoms with van der Waals surface area (Å²) in [6, 6.07) is 10.8. The second-order valence-corrected chi connectivity index (χ2v) is 9.13. The number of benzene rings is 1. The van der Waals surface area contributed by atoms with Crippen LogP contribution in [0.1, 0.15) is 39.3 Å². The van der Waals surface area contributed by atoms with Gasteiger partial charge in [-0.05, 0) is 30.0 Å². The summed E-state index contributed by atoms with van der Waals surface area (Å²) in [6.45, 7) is 0.710. The number of fused-ring (bicyclic) bond motifs is 2. The van der Waals surface area contributed by atoms with Gasteiger partial charge in [-0.1, -0.05) is 18.2 Å². The number of imide groups is 1. The summed E-state index contributed by atoms with van der Waals surface area (Å²) in [6.07, 6.45) is 1.31. The van der Waals surface area contributed by atoms with Gasteiger partial charge in [0.1, 0.15) is 0 Å². The highest BCUT2D eigenvalue weighted by atomic mass is 32.1. The number of hydrogen-bond donors (Lipinski definition) is 1. The molecule has 0 radical (unpaired) electrons. The molecule has 32 heavy (non-hydrogen) atoms. The summed E-state index contributed by atoms with van der Waals surface area (Å²) in [4.78, 5) is 44.6. The molecular formula is C22H19N5O3S2. The molecule has 4 aromatic rings. The van der Waals surface area contributed by atoms with E-state index in [0.717, 1.165) is 15.5 Å². The molecule has 1 N–H and O–H groups in total. The summed E-state index contributed by atoms with van der Waals surface area (Å²) < 4.78 is 1.83. The van der Waals surface area contributed by atoms with E-state index in [1.165, 1.54) is 16.2 Å². The van der Waals surface area contributed by atoms with E-state index in [9.17, 15) is 14.4 Å². The van der Waals surface area contributed by atoms with Crippen molar-refractivity contribution in [1.82, 2.24) is 24.8 Å². The third-order valence-corrected chi connectivity index (χ3v) is 6.99. The smallest absolute Gasteiger partial charge is 0.261 e. The minimum atomic E-state index is -0.290. The Hall–Kier alpha value is -3.37. The lowest BCUT2D eigenvalue weighted by molar-refractivity contribution is -0.121. The number of rotatable bonds is 8. The van der Waals surface area contributed by atoms with E-state index in [4.69, 9.17) is 0 Å². The van der Waals surface area contributed by atoms with Gasteiger partial charge in [0.15, 0.2) is 5.82 Å². The summed E-state index contributed by atoms with van der Waals surface area (Å²) in [5.74, 6) is 0.0284. The van der Waals surface area contributed by atoms with Crippen molar-refractivity contribution in [3.05, 3.63) is 64.0 Å². The Morgan fingerprint density at radius 2 is 1.81 bits per heavy atom. The Balaban J connectivity index is 1.09. The first-order chi connectivity index (χ1) is 15.6. The zero-order valence-corrected chi connectivity index (χ0v) is 18.6. The molecule has 8 nitrogen and oxygen atoms in total. The van der Waals surface area contributed by atoms with Crippen LogP contribution in [0.4, 0.5) is 0 Å². The fourth-order valence-corrected chi connectivity index (χ4v) is 5.17. The predicted molar refractivity (Wildman–Crippen MR) is 122 cm³/mol. The first-order valence-electron chi connectivity index (χ1n) is 10.2. The van der Waals surface area contributed by atoms with Crippen LogP contribution < -0.4 is 5.32 Å². The van der Waals surface area contributed by atoms with Crippen molar-refractivity contribution in [2.24, 2.45) is 0 Å². The third-order valence-electron chi connectivity index (χ3n) is 5.26. The van der Waals surface area contributed by atoms with E-state index in [2.05, 4.69) is 15.4 Å². The van der Waals surface area contributed by atoms with Crippen molar-refractivity contribution >= 4 is 45.4 Å². The Morgan fingerprint density at radius 1 is 1.03 bits per heavy atom. The van der Waals surface area contributed by atoms with Crippen molar-refractivity contribution < 1.29 is 14.4 Å². The molecule has 0 saturated carbocycles. The first kappa shape index (κ1) is 20.5. The molecule has 5 rings (SSSR count). The summed E-state index contributed by atoms with van der Waals surface area (Å²) in [5.41, 5.74) is 1.85. The van der Waals surface area contributed by atoms with Crippen LogP contribution in [0.3, 0.4) is 0 Å². The van der Waals surface area contributed by atoms with Crippen LogP contribution in [-0.2, 0) is 11.2 Å². The van der Waals surface area contributed by atoms with E-state index in [1.54, 1.807) is 35.6 Å². The molecule has 162 valence electrons. The lowest BCUT2D eigenvalue weighted by Crippen LogP contribution is -2.32. The van der Waals surface area contributed by atoms with Crippen molar-refractivity contribution in [2.45, 2.75) is 19.3 Å². The van der Waals surface area contributed by atoms with Gasteiger partial charge in [0.2, 0.25) is 10.9 Å². The van der Waals surface area contributed by atoms with Gasteiger partial charge in [0.25, 0.3) is 11.8 Å². The topological polar surface area (TPSA) is 96.7 Å². The van der Waals surface area contributed by atoms with Gasteiger partial charge >= 0.3 is 0 Å². The summed E-state index contributed by atoms with van der Waals surface area (Å²) >= 11 is 3.13. The molecule has 0 fully saturated rings. The number of nitrogens with one attached hydrogen (secondary N) is 1. The van der Waals surface area contributed by atoms with Crippen LogP contribution in [0.15, 0.2) is 47.2 Å². The summed E-state index contributed by atoms with van der Waals surface area (Å²) in [7, 11) is 0. The maximum atomic E-state index is 12.4. The molecule has 3 amide bonds. The van der Waals surface area contributed by atoms with Crippen molar-refractivity contribution in [3.8, 4) is 10.7 Å². The van der Waals surface area contributed by atoms with Crippen molar-refractivity contribution in [2.75, 3.05) is 13.1 Å². The summed E-state index contributed by atoms with van der Waals surface area (Å²) in [5, 5.41) is 11.5. The molecule has 1 aliphatic heterocycles. The van der Waals surface area contributed by atoms with Crippen LogP contribution in [0.2, 0.25) is 0 Å². The fourth-order valence-electron chi connectivity index (χ4n) is 3.67. The zero-order chi connectivity index (χ0) is 22.1. The maximum Gasteiger partial charge on any atom is 0.261 e. The average molecular weight is 466 g/mol. The maximum absolute atomic E-state index is 12.4. The number of carbonyl (C=O) groups excluding carboxylic acids is 3. The molecule has 3 aromatic heterocycles. The first-order valence-corrected chi connectivity index (χ1v) is 12.0. The van der Waals surface area contributed by atoms with E-state index in [-0.39, 0.29) is 30.7 Å². The number of aromatic nitrogens is 3. The number of thiophene rings is 1. The van der Waals surface area contributed by atoms with Crippen LogP contribution >= 0.6 is 22.7 Å². The zero-order valence-electron chi connectivity index (χ0n) is 17.0. The van der Waals surface area contributed by atoms with Gasteiger partial charge in [-0.15, -0.1) is 27.8 Å². The number of carbonyl (C=O) groups is 3. The van der Waals surface area contributed by atoms with Crippen LogP contribution in [-0.4, -0.2) is 50.3 Å². The van der Waals surface area contributed by atoms with Gasteiger partial charge < -0.3 is 5.32 Å². The van der Waals surface area contributed by atoms with Crippen LogP contribution in [0.25, 0.3) is 15.7 Å². The van der Waals surface area contributed by atoms with E-state index >= 15 is 0 Å². The quantitative estimate of drug-likeness (QED) is 0.403. The highest BCUT2D eigenvalue weighted by molar-refractivity contribution is 7.15. The van der Waals surface area contributed by atoms with Gasteiger partial charge in [-0.3, -0.25) is 19.3 Å². The SMILES string of the molecule is O=C(CCCN1C(=O)c2ccccc2C1=O)NCCc1csc2nc(-c3cccs3)nn12. The Kier molecular flexibility index (Phi) is 5.54. The highest BCUT2D eigenvalue weighted by Crippen LogP contribution is 2.25. The Bertz CT molecular complexity index is 1270. The molecular weight excluding hydrogens is 446 g/mol. The average Bonchev–Trinajstić information content (AvgIpc) is 3.56. The lowest BCUT2D eigenvalue weighted by atomic mass is 10.1. The normalized spacial score (nSPS) is 13.2. The molecule has 1 aromatic carbocycles. The van der Waals surface area contributed by atoms with Gasteiger partial charge in [0.05, 0.1) is 21.7 Å². The van der Waals surface area contributed by atoms with Crippen molar-refractivity contribution in [3.63, 3.8) is 0 Å². The number of thiazole rings is 1. The molecule has 4 heterocycles. The van der Waals surface area contributed by atoms with Crippen molar-refractivity contribution in [1.29, 1.82) is 0 Å². The number of amides is 3. The monoisotopic (exact) mass is 465 g/mol. The molecule has 1 aliphatic rings. The van der Waals surface area contributed by atoms with E-state index in [0.29, 0.717) is 36.3 Å². The van der Waals surface area contributed by atoms with Gasteiger partial charge in [-0.2, -0.15) is 4.98 Å². The minimum Gasteiger partial charge on any atom is -0.356 e. The third kappa shape index (κ3) is 3.82. The molecule has 0 atom stereocenters. The second-order valence-electron chi connectivity index (χ2n) is 7.35. The minimum absolute atomic E-state index is 0.106.